The number of carbonyl (C=O) groups is 1. The van der Waals surface area contributed by atoms with Crippen LogP contribution in [0.1, 0.15) is 43.5 Å². The van der Waals surface area contributed by atoms with Gasteiger partial charge < -0.3 is 0 Å². The summed E-state index contributed by atoms with van der Waals surface area (Å²) in [6.07, 6.45) is 2.92. The molecule has 0 N–H and O–H groups in total. The van der Waals surface area contributed by atoms with E-state index in [4.69, 9.17) is 0 Å². The van der Waals surface area contributed by atoms with Gasteiger partial charge in [-0.05, 0) is 17.4 Å². The molecule has 0 radical (unpaired) electrons. The molecule has 72 valence electrons. The zero-order valence-electron chi connectivity index (χ0n) is 8.25. The Kier molecular flexibility index (Phi) is 4.16. The largest absolute Gasteiger partial charge is 0.294 e. The van der Waals surface area contributed by atoms with Crippen LogP contribution in [-0.4, -0.2) is 5.78 Å². The molecule has 0 saturated carbocycles. The molecule has 1 aromatic heterocycles. The van der Waals surface area contributed by atoms with Crippen LogP contribution in [0.4, 0.5) is 0 Å². The number of hydrogen-bond donors (Lipinski definition) is 0. The molecule has 0 spiro atoms. The second-order valence-corrected chi connectivity index (χ2v) is 4.10. The van der Waals surface area contributed by atoms with E-state index in [0.717, 1.165) is 18.4 Å². The van der Waals surface area contributed by atoms with E-state index in [1.807, 2.05) is 16.8 Å². The molecule has 0 saturated heterocycles. The van der Waals surface area contributed by atoms with Gasteiger partial charge in [-0.1, -0.05) is 26.7 Å². The topological polar surface area (TPSA) is 17.1 Å². The SMILES string of the molecule is CCC(CC)CC(=O)c1ccsc1. The molecule has 0 aliphatic rings. The van der Waals surface area contributed by atoms with Crippen LogP contribution < -0.4 is 0 Å². The molecule has 1 nitrogen and oxygen atoms in total. The van der Waals surface area contributed by atoms with Crippen LogP contribution in [0.5, 0.6) is 0 Å². The van der Waals surface area contributed by atoms with Crippen LogP contribution >= 0.6 is 11.3 Å². The van der Waals surface area contributed by atoms with E-state index in [2.05, 4.69) is 13.8 Å². The number of carbonyl (C=O) groups excluding carboxylic acids is 1. The second kappa shape index (κ2) is 5.18. The predicted molar refractivity (Wildman–Crippen MR) is 57.3 cm³/mol. The van der Waals surface area contributed by atoms with Crippen LogP contribution in [0.25, 0.3) is 0 Å². The van der Waals surface area contributed by atoms with Gasteiger partial charge in [0.25, 0.3) is 0 Å². The lowest BCUT2D eigenvalue weighted by molar-refractivity contribution is 0.0959. The number of thiophene rings is 1. The standard InChI is InChI=1S/C11H16OS/c1-3-9(4-2)7-11(12)10-5-6-13-8-10/h5-6,8-9H,3-4,7H2,1-2H3. The van der Waals surface area contributed by atoms with Crippen LogP contribution in [0.2, 0.25) is 0 Å². The summed E-state index contributed by atoms with van der Waals surface area (Å²) in [6.45, 7) is 4.30. The maximum atomic E-state index is 11.6. The molecule has 1 rings (SSSR count). The minimum atomic E-state index is 0.301. The van der Waals surface area contributed by atoms with Gasteiger partial charge in [-0.25, -0.2) is 0 Å². The van der Waals surface area contributed by atoms with Gasteiger partial charge in [0.2, 0.25) is 0 Å². The van der Waals surface area contributed by atoms with Gasteiger partial charge in [0.15, 0.2) is 5.78 Å². The summed E-state index contributed by atoms with van der Waals surface area (Å²) >= 11 is 1.59. The van der Waals surface area contributed by atoms with Crippen molar-refractivity contribution in [3.8, 4) is 0 Å². The molecule has 13 heavy (non-hydrogen) atoms. The van der Waals surface area contributed by atoms with Gasteiger partial charge >= 0.3 is 0 Å². The van der Waals surface area contributed by atoms with Crippen molar-refractivity contribution in [1.29, 1.82) is 0 Å². The third-order valence-electron chi connectivity index (χ3n) is 2.47. The maximum absolute atomic E-state index is 11.6. The molecule has 0 atom stereocenters. The van der Waals surface area contributed by atoms with Crippen molar-refractivity contribution < 1.29 is 4.79 Å². The summed E-state index contributed by atoms with van der Waals surface area (Å²) in [7, 11) is 0. The molecule has 2 heteroatoms. The summed E-state index contributed by atoms with van der Waals surface area (Å²) in [5.74, 6) is 0.863. The second-order valence-electron chi connectivity index (χ2n) is 3.32. The molecule has 0 aliphatic carbocycles. The first-order valence-electron chi connectivity index (χ1n) is 4.83. The molecule has 0 fully saturated rings. The predicted octanol–water partition coefficient (Wildman–Crippen LogP) is 3.76. The average Bonchev–Trinajstić information content (AvgIpc) is 2.66. The normalized spacial score (nSPS) is 10.7. The van der Waals surface area contributed by atoms with Gasteiger partial charge in [0, 0.05) is 17.4 Å². The van der Waals surface area contributed by atoms with Crippen molar-refractivity contribution in [1.82, 2.24) is 0 Å². The Balaban J connectivity index is 2.50. The maximum Gasteiger partial charge on any atom is 0.163 e. The average molecular weight is 196 g/mol. The lowest BCUT2D eigenvalue weighted by Crippen LogP contribution is -2.06. The van der Waals surface area contributed by atoms with Crippen LogP contribution in [0.15, 0.2) is 16.8 Å². The van der Waals surface area contributed by atoms with Gasteiger partial charge in [-0.3, -0.25) is 4.79 Å². The number of ketones is 1. The van der Waals surface area contributed by atoms with Crippen molar-refractivity contribution >= 4 is 17.1 Å². The fourth-order valence-corrected chi connectivity index (χ4v) is 2.04. The number of hydrogen-bond acceptors (Lipinski definition) is 2. The molecule has 1 heterocycles. The van der Waals surface area contributed by atoms with Gasteiger partial charge in [0.05, 0.1) is 0 Å². The van der Waals surface area contributed by atoms with Gasteiger partial charge in [0.1, 0.15) is 0 Å². The monoisotopic (exact) mass is 196 g/mol. The third-order valence-corrected chi connectivity index (χ3v) is 3.16. The Bertz CT molecular complexity index is 247. The Morgan fingerprint density at radius 3 is 2.62 bits per heavy atom. The first-order valence-corrected chi connectivity index (χ1v) is 5.77. The van der Waals surface area contributed by atoms with E-state index in [-0.39, 0.29) is 0 Å². The molecular weight excluding hydrogens is 180 g/mol. The minimum absolute atomic E-state index is 0.301. The summed E-state index contributed by atoms with van der Waals surface area (Å²) < 4.78 is 0. The summed E-state index contributed by atoms with van der Waals surface area (Å²) in [4.78, 5) is 11.6. The van der Waals surface area contributed by atoms with E-state index in [1.165, 1.54) is 0 Å². The number of rotatable bonds is 5. The van der Waals surface area contributed by atoms with E-state index < -0.39 is 0 Å². The van der Waals surface area contributed by atoms with E-state index in [1.54, 1.807) is 11.3 Å². The van der Waals surface area contributed by atoms with Crippen molar-refractivity contribution in [3.63, 3.8) is 0 Å². The first-order chi connectivity index (χ1) is 6.27. The highest BCUT2D eigenvalue weighted by atomic mass is 32.1. The highest BCUT2D eigenvalue weighted by molar-refractivity contribution is 7.08. The fourth-order valence-electron chi connectivity index (χ4n) is 1.38. The van der Waals surface area contributed by atoms with Crippen molar-refractivity contribution in [2.24, 2.45) is 5.92 Å². The summed E-state index contributed by atoms with van der Waals surface area (Å²) in [5.41, 5.74) is 0.886. The Morgan fingerprint density at radius 1 is 1.46 bits per heavy atom. The zero-order chi connectivity index (χ0) is 9.68. The highest BCUT2D eigenvalue weighted by Gasteiger charge is 2.11. The van der Waals surface area contributed by atoms with Crippen molar-refractivity contribution in [3.05, 3.63) is 22.4 Å². The Hall–Kier alpha value is -0.630. The summed E-state index contributed by atoms with van der Waals surface area (Å²) in [6, 6.07) is 1.91. The Labute approximate surface area is 83.8 Å². The molecule has 0 amide bonds. The van der Waals surface area contributed by atoms with E-state index in [0.29, 0.717) is 18.1 Å². The zero-order valence-corrected chi connectivity index (χ0v) is 9.06. The molecule has 0 bridgehead atoms. The number of Topliss-reactive ketones (excluding diaryl/α,β-unsaturated/α-hetero) is 1. The smallest absolute Gasteiger partial charge is 0.163 e. The highest BCUT2D eigenvalue weighted by Crippen LogP contribution is 2.17. The lowest BCUT2D eigenvalue weighted by atomic mass is 9.95. The van der Waals surface area contributed by atoms with Crippen LogP contribution in [-0.2, 0) is 0 Å². The van der Waals surface area contributed by atoms with Crippen LogP contribution in [0, 0.1) is 5.92 Å². The van der Waals surface area contributed by atoms with Crippen molar-refractivity contribution in [2.45, 2.75) is 33.1 Å². The lowest BCUT2D eigenvalue weighted by Gasteiger charge is -2.09. The van der Waals surface area contributed by atoms with E-state index >= 15 is 0 Å². The quantitative estimate of drug-likeness (QED) is 0.655. The van der Waals surface area contributed by atoms with E-state index in [9.17, 15) is 4.79 Å². The Morgan fingerprint density at radius 2 is 2.15 bits per heavy atom. The van der Waals surface area contributed by atoms with Gasteiger partial charge in [-0.15, -0.1) is 0 Å². The first kappa shape index (κ1) is 10.5. The third kappa shape index (κ3) is 2.96. The summed E-state index contributed by atoms with van der Waals surface area (Å²) in [5, 5.41) is 3.89. The fraction of sp³-hybridized carbons (Fsp3) is 0.545. The van der Waals surface area contributed by atoms with Crippen LogP contribution in [0.3, 0.4) is 0 Å². The minimum Gasteiger partial charge on any atom is -0.294 e. The molecular formula is C11H16OS. The molecule has 0 aliphatic heterocycles. The molecule has 0 unspecified atom stereocenters. The van der Waals surface area contributed by atoms with Crippen molar-refractivity contribution in [2.75, 3.05) is 0 Å². The molecule has 0 aromatic carbocycles. The molecule has 1 aromatic rings. The van der Waals surface area contributed by atoms with Gasteiger partial charge in [-0.2, -0.15) is 11.3 Å².